The average molecular weight is 329 g/mol. The fraction of sp³-hybridized carbons (Fsp3) is 0.222. The Hall–Kier alpha value is -2.40. The average Bonchev–Trinajstić information content (AvgIpc) is 2.83. The van der Waals surface area contributed by atoms with Gasteiger partial charge < -0.3 is 4.98 Å². The van der Waals surface area contributed by atoms with Gasteiger partial charge in [-0.15, -0.1) is 12.6 Å². The first kappa shape index (κ1) is 17.0. The number of fused-ring (bicyclic) bond motifs is 1. The minimum atomic E-state index is -3.11. The summed E-state index contributed by atoms with van der Waals surface area (Å²) in [5, 5.41) is 1.38. The molecule has 1 heterocycles. The van der Waals surface area contributed by atoms with Gasteiger partial charge in [-0.25, -0.2) is 0 Å². The number of aromatic nitrogens is 1. The maximum atomic E-state index is 8.44. The molecule has 0 aliphatic carbocycles. The molecule has 0 radical (unpaired) electrons. The van der Waals surface area contributed by atoms with Crippen LogP contribution in [0.25, 0.3) is 22.2 Å². The van der Waals surface area contributed by atoms with Gasteiger partial charge in [-0.2, -0.15) is 0 Å². The Balaban J connectivity index is 0.000000433. The first-order valence-corrected chi connectivity index (χ1v) is 8.24. The summed E-state index contributed by atoms with van der Waals surface area (Å²) in [6.07, 6.45) is 0. The quantitative estimate of drug-likeness (QED) is 0.732. The summed E-state index contributed by atoms with van der Waals surface area (Å²) in [5.41, 5.74) is 9.20. The van der Waals surface area contributed by atoms with Crippen LogP contribution in [-0.4, -0.2) is 17.6 Å². The van der Waals surface area contributed by atoms with Crippen molar-refractivity contribution in [3.8, 4) is 11.3 Å². The van der Waals surface area contributed by atoms with E-state index in [1.807, 2.05) is 0 Å². The smallest absolute Gasteiger partial charge is 0.354 e. The zero-order valence-electron chi connectivity index (χ0n) is 13.6. The molecule has 2 aromatic carbocycles. The van der Waals surface area contributed by atoms with Crippen molar-refractivity contribution >= 4 is 21.5 Å². The summed E-state index contributed by atoms with van der Waals surface area (Å²) in [6.45, 7) is 8.79. The molecule has 0 unspecified atom stereocenters. The van der Waals surface area contributed by atoms with Crippen LogP contribution in [0.4, 0.5) is 0 Å². The van der Waals surface area contributed by atoms with Crippen LogP contribution in [0.15, 0.2) is 36.4 Å². The number of hydrogen-bond acceptors (Lipinski definition) is 3. The second-order valence-corrected chi connectivity index (χ2v) is 5.99. The summed E-state index contributed by atoms with van der Waals surface area (Å²) in [6, 6.07) is 12.8. The third-order valence-corrected chi connectivity index (χ3v) is 4.11. The van der Waals surface area contributed by atoms with Gasteiger partial charge in [-0.3, -0.25) is 0 Å². The van der Waals surface area contributed by atoms with Crippen LogP contribution in [0.5, 0.6) is 0 Å². The zero-order valence-corrected chi connectivity index (χ0v) is 14.4. The molecule has 0 atom stereocenters. The van der Waals surface area contributed by atoms with Crippen molar-refractivity contribution in [2.24, 2.45) is 0 Å². The Labute approximate surface area is 137 Å². The van der Waals surface area contributed by atoms with Crippen molar-refractivity contribution in [2.75, 3.05) is 0 Å². The lowest BCUT2D eigenvalue weighted by Crippen LogP contribution is -1.86. The first-order valence-electron chi connectivity index (χ1n) is 7.24. The predicted octanol–water partition coefficient (Wildman–Crippen LogP) is 4.06. The van der Waals surface area contributed by atoms with Gasteiger partial charge in [0.2, 0.25) is 0 Å². The van der Waals surface area contributed by atoms with E-state index in [1.165, 1.54) is 44.4 Å². The SMILES string of the molecule is Cc1cc(C)c2c(C)c(-c3ccccc3)[nH]c2c1C.O=S(=O)=O. The molecule has 0 aliphatic heterocycles. The van der Waals surface area contributed by atoms with Crippen molar-refractivity contribution < 1.29 is 12.6 Å². The third kappa shape index (κ3) is 3.51. The molecular weight excluding hydrogens is 310 g/mol. The van der Waals surface area contributed by atoms with Crippen LogP contribution >= 0.6 is 0 Å². The first-order chi connectivity index (χ1) is 10.8. The second kappa shape index (κ2) is 6.79. The summed E-state index contributed by atoms with van der Waals surface area (Å²) < 4.78 is 25.3. The fourth-order valence-corrected chi connectivity index (χ4v) is 2.96. The van der Waals surface area contributed by atoms with Crippen LogP contribution in [-0.2, 0) is 10.6 Å². The number of benzene rings is 2. The van der Waals surface area contributed by atoms with Crippen LogP contribution in [0.3, 0.4) is 0 Å². The Morgan fingerprint density at radius 1 is 0.826 bits per heavy atom. The molecule has 1 N–H and O–H groups in total. The maximum absolute atomic E-state index is 8.44. The van der Waals surface area contributed by atoms with Gasteiger partial charge in [0.05, 0.1) is 0 Å². The van der Waals surface area contributed by atoms with Gasteiger partial charge in [0.15, 0.2) is 0 Å². The van der Waals surface area contributed by atoms with Gasteiger partial charge in [0.25, 0.3) is 0 Å². The van der Waals surface area contributed by atoms with E-state index >= 15 is 0 Å². The van der Waals surface area contributed by atoms with E-state index in [9.17, 15) is 0 Å². The molecule has 3 aromatic rings. The molecule has 0 aliphatic rings. The fourth-order valence-electron chi connectivity index (χ4n) is 2.96. The monoisotopic (exact) mass is 329 g/mol. The molecule has 120 valence electrons. The third-order valence-electron chi connectivity index (χ3n) is 4.11. The summed E-state index contributed by atoms with van der Waals surface area (Å²) in [7, 11) is -3.11. The Morgan fingerprint density at radius 2 is 1.39 bits per heavy atom. The van der Waals surface area contributed by atoms with Crippen molar-refractivity contribution in [1.29, 1.82) is 0 Å². The highest BCUT2D eigenvalue weighted by molar-refractivity contribution is 7.59. The Morgan fingerprint density at radius 3 is 1.96 bits per heavy atom. The largest absolute Gasteiger partial charge is 0.425 e. The van der Waals surface area contributed by atoms with Crippen molar-refractivity contribution in [2.45, 2.75) is 27.7 Å². The van der Waals surface area contributed by atoms with E-state index in [-0.39, 0.29) is 0 Å². The van der Waals surface area contributed by atoms with Crippen LogP contribution in [0.2, 0.25) is 0 Å². The van der Waals surface area contributed by atoms with Crippen LogP contribution in [0, 0.1) is 27.7 Å². The van der Waals surface area contributed by atoms with E-state index in [1.54, 1.807) is 0 Å². The molecule has 1 aromatic heterocycles. The van der Waals surface area contributed by atoms with Crippen molar-refractivity contribution in [3.63, 3.8) is 0 Å². The highest BCUT2D eigenvalue weighted by Crippen LogP contribution is 2.34. The lowest BCUT2D eigenvalue weighted by molar-refractivity contribution is 0.559. The van der Waals surface area contributed by atoms with Gasteiger partial charge in [0.1, 0.15) is 0 Å². The van der Waals surface area contributed by atoms with Gasteiger partial charge in [-0.1, -0.05) is 36.4 Å². The number of nitrogens with one attached hydrogen (secondary N) is 1. The molecule has 0 saturated heterocycles. The molecule has 4 nitrogen and oxygen atoms in total. The summed E-state index contributed by atoms with van der Waals surface area (Å²) in [5.74, 6) is 0. The summed E-state index contributed by atoms with van der Waals surface area (Å²) >= 11 is 0. The lowest BCUT2D eigenvalue weighted by Gasteiger charge is -2.05. The maximum Gasteiger partial charge on any atom is 0.425 e. The molecule has 0 bridgehead atoms. The number of hydrogen-bond donors (Lipinski definition) is 1. The normalized spacial score (nSPS) is 10.3. The number of aryl methyl sites for hydroxylation is 4. The van der Waals surface area contributed by atoms with Gasteiger partial charge in [-0.05, 0) is 55.5 Å². The number of aromatic amines is 1. The van der Waals surface area contributed by atoms with Crippen molar-refractivity contribution in [3.05, 3.63) is 58.7 Å². The van der Waals surface area contributed by atoms with E-state index in [0.717, 1.165) is 0 Å². The van der Waals surface area contributed by atoms with E-state index in [4.69, 9.17) is 12.6 Å². The Bertz CT molecular complexity index is 949. The van der Waals surface area contributed by atoms with E-state index < -0.39 is 10.6 Å². The molecule has 0 spiro atoms. The highest BCUT2D eigenvalue weighted by Gasteiger charge is 2.13. The molecule has 0 fully saturated rings. The van der Waals surface area contributed by atoms with Crippen LogP contribution in [0.1, 0.15) is 22.3 Å². The van der Waals surface area contributed by atoms with E-state index in [2.05, 4.69) is 69.1 Å². The van der Waals surface area contributed by atoms with E-state index in [0.29, 0.717) is 0 Å². The molecule has 0 amide bonds. The lowest BCUT2D eigenvalue weighted by atomic mass is 9.99. The topological polar surface area (TPSA) is 67.0 Å². The Kier molecular flexibility index (Phi) is 5.01. The molecule has 3 rings (SSSR count). The molecule has 23 heavy (non-hydrogen) atoms. The second-order valence-electron chi connectivity index (χ2n) is 5.58. The van der Waals surface area contributed by atoms with Crippen LogP contribution < -0.4 is 0 Å². The molecular formula is C18H19NO3S. The van der Waals surface area contributed by atoms with Gasteiger partial charge >= 0.3 is 10.6 Å². The molecule has 0 saturated carbocycles. The minimum absolute atomic E-state index is 1.24. The predicted molar refractivity (Wildman–Crippen MR) is 92.4 cm³/mol. The highest BCUT2D eigenvalue weighted by atomic mass is 32.2. The zero-order chi connectivity index (χ0) is 17.1. The standard InChI is InChI=1S/C18H19N.O3S/c1-11-10-12(2)16-14(4)17(19-18(16)13(11)3)15-8-6-5-7-9-15;1-4(2)3/h5-10,19H,1-4H3;. The molecule has 5 heteroatoms. The van der Waals surface area contributed by atoms with Gasteiger partial charge in [0, 0.05) is 16.6 Å². The summed E-state index contributed by atoms with van der Waals surface area (Å²) in [4.78, 5) is 3.63. The number of rotatable bonds is 1. The number of H-pyrrole nitrogens is 1. The minimum Gasteiger partial charge on any atom is -0.354 e. The van der Waals surface area contributed by atoms with Crippen molar-refractivity contribution in [1.82, 2.24) is 4.98 Å².